The molecule has 2 atom stereocenters. The molecule has 5 heteroatoms. The normalized spacial score (nSPS) is 21.7. The molecule has 158 valence electrons. The van der Waals surface area contributed by atoms with Crippen molar-refractivity contribution in [2.75, 3.05) is 0 Å². The fourth-order valence-corrected chi connectivity index (χ4v) is 5.42. The van der Waals surface area contributed by atoms with Crippen molar-refractivity contribution in [3.05, 3.63) is 111 Å². The zero-order chi connectivity index (χ0) is 21.9. The Hall–Kier alpha value is -2.63. The van der Waals surface area contributed by atoms with Crippen LogP contribution in [0.1, 0.15) is 36.1 Å². The quantitative estimate of drug-likeness (QED) is 0.256. The van der Waals surface area contributed by atoms with E-state index in [2.05, 4.69) is 123 Å². The summed E-state index contributed by atoms with van der Waals surface area (Å²) in [6.07, 6.45) is 0.831. The average Bonchev–Trinajstić information content (AvgIpc) is 3.27. The second-order valence-corrected chi connectivity index (χ2v) is 10.3. The van der Waals surface area contributed by atoms with Crippen molar-refractivity contribution in [2.24, 2.45) is 5.10 Å². The van der Waals surface area contributed by atoms with Crippen LogP contribution in [-0.4, -0.2) is 10.7 Å². The van der Waals surface area contributed by atoms with E-state index in [-0.39, 0.29) is 6.04 Å². The molecule has 0 aromatic heterocycles. The first-order valence-electron chi connectivity index (χ1n) is 10.6. The van der Waals surface area contributed by atoms with E-state index in [1.165, 1.54) is 10.8 Å². The van der Waals surface area contributed by atoms with Crippen LogP contribution in [0.3, 0.4) is 0 Å². The lowest BCUT2D eigenvalue weighted by atomic mass is 9.92. The number of hydrazone groups is 1. The van der Waals surface area contributed by atoms with Crippen molar-refractivity contribution in [3.8, 4) is 5.75 Å². The number of fused-ring (bicyclic) bond motifs is 4. The maximum Gasteiger partial charge on any atom is 0.221 e. The van der Waals surface area contributed by atoms with Gasteiger partial charge in [0.1, 0.15) is 5.75 Å². The molecule has 4 aromatic carbocycles. The Kier molecular flexibility index (Phi) is 4.67. The summed E-state index contributed by atoms with van der Waals surface area (Å²) in [4.78, 5) is 0. The highest BCUT2D eigenvalue weighted by atomic mass is 79.9. The Morgan fingerprint density at radius 1 is 0.875 bits per heavy atom. The molecule has 32 heavy (non-hydrogen) atoms. The summed E-state index contributed by atoms with van der Waals surface area (Å²) in [6, 6.07) is 29.7. The van der Waals surface area contributed by atoms with Gasteiger partial charge in [-0.3, -0.25) is 0 Å². The first-order valence-corrected chi connectivity index (χ1v) is 12.2. The second-order valence-electron chi connectivity index (χ2n) is 8.45. The molecule has 0 bridgehead atoms. The molecular formula is C27H20Br2N2O. The molecule has 4 aromatic rings. The molecule has 2 aliphatic heterocycles. The van der Waals surface area contributed by atoms with Crippen molar-refractivity contribution < 1.29 is 4.74 Å². The van der Waals surface area contributed by atoms with Crippen LogP contribution in [0.2, 0.25) is 0 Å². The maximum absolute atomic E-state index is 6.65. The van der Waals surface area contributed by atoms with Gasteiger partial charge in [0.15, 0.2) is 0 Å². The summed E-state index contributed by atoms with van der Waals surface area (Å²) in [5, 5.41) is 9.78. The summed E-state index contributed by atoms with van der Waals surface area (Å²) < 4.78 is 8.74. The smallest absolute Gasteiger partial charge is 0.221 e. The molecule has 0 amide bonds. The van der Waals surface area contributed by atoms with Crippen molar-refractivity contribution in [3.63, 3.8) is 0 Å². The van der Waals surface area contributed by atoms with Crippen LogP contribution < -0.4 is 4.74 Å². The van der Waals surface area contributed by atoms with E-state index < -0.39 is 5.72 Å². The van der Waals surface area contributed by atoms with Crippen LogP contribution in [0.4, 0.5) is 0 Å². The fraction of sp³-hybridized carbons (Fsp3) is 0.148. The predicted octanol–water partition coefficient (Wildman–Crippen LogP) is 7.78. The first-order chi connectivity index (χ1) is 15.5. The molecular weight excluding hydrogens is 528 g/mol. The lowest BCUT2D eigenvalue weighted by molar-refractivity contribution is -0.112. The van der Waals surface area contributed by atoms with Gasteiger partial charge in [0.2, 0.25) is 5.72 Å². The minimum Gasteiger partial charge on any atom is -0.462 e. The van der Waals surface area contributed by atoms with E-state index in [4.69, 9.17) is 9.84 Å². The number of benzene rings is 4. The summed E-state index contributed by atoms with van der Waals surface area (Å²) in [5.74, 6) is 0.912. The molecule has 0 saturated carbocycles. The van der Waals surface area contributed by atoms with Gasteiger partial charge < -0.3 is 4.74 Å². The van der Waals surface area contributed by atoms with Crippen LogP contribution in [0.15, 0.2) is 99.0 Å². The van der Waals surface area contributed by atoms with E-state index in [0.29, 0.717) is 0 Å². The Balaban J connectivity index is 1.49. The molecule has 3 nitrogen and oxygen atoms in total. The number of rotatable bonds is 2. The lowest BCUT2D eigenvalue weighted by Gasteiger charge is -2.46. The van der Waals surface area contributed by atoms with Gasteiger partial charge in [-0.25, -0.2) is 5.01 Å². The van der Waals surface area contributed by atoms with Crippen LogP contribution >= 0.6 is 31.9 Å². The van der Waals surface area contributed by atoms with Crippen LogP contribution in [0.25, 0.3) is 10.8 Å². The highest BCUT2D eigenvalue weighted by molar-refractivity contribution is 9.10. The van der Waals surface area contributed by atoms with Crippen molar-refractivity contribution in [2.45, 2.75) is 25.1 Å². The SMILES string of the molecule is C[C@@]1(c2ccc(Br)cc2)Oc2ccc(Br)cc2[C@@H]2CC(c3ccc4ccccc4c3)=NN21. The average molecular weight is 548 g/mol. The molecule has 6 rings (SSSR count). The van der Waals surface area contributed by atoms with Crippen molar-refractivity contribution in [1.29, 1.82) is 0 Å². The first kappa shape index (κ1) is 20.0. The summed E-state index contributed by atoms with van der Waals surface area (Å²) >= 11 is 7.19. The van der Waals surface area contributed by atoms with Crippen molar-refractivity contribution >= 4 is 48.3 Å². The third kappa shape index (κ3) is 3.18. The molecule has 0 spiro atoms. The van der Waals surface area contributed by atoms with Gasteiger partial charge >= 0.3 is 0 Å². The van der Waals surface area contributed by atoms with Crippen LogP contribution in [0.5, 0.6) is 5.75 Å². The Morgan fingerprint density at radius 3 is 2.44 bits per heavy atom. The van der Waals surface area contributed by atoms with E-state index in [1.54, 1.807) is 0 Å². The number of ether oxygens (including phenoxy) is 1. The summed E-state index contributed by atoms with van der Waals surface area (Å²) in [6.45, 7) is 2.11. The third-order valence-corrected chi connectivity index (χ3v) is 7.47. The van der Waals surface area contributed by atoms with E-state index in [9.17, 15) is 0 Å². The van der Waals surface area contributed by atoms with Gasteiger partial charge in [0.25, 0.3) is 0 Å². The van der Waals surface area contributed by atoms with Gasteiger partial charge in [-0.05, 0) is 52.7 Å². The third-order valence-electron chi connectivity index (χ3n) is 6.45. The Morgan fingerprint density at radius 2 is 1.62 bits per heavy atom. The van der Waals surface area contributed by atoms with Crippen LogP contribution in [0, 0.1) is 0 Å². The van der Waals surface area contributed by atoms with Crippen molar-refractivity contribution in [1.82, 2.24) is 5.01 Å². The van der Waals surface area contributed by atoms with Gasteiger partial charge in [-0.2, -0.15) is 5.10 Å². The molecule has 0 aliphatic carbocycles. The zero-order valence-electron chi connectivity index (χ0n) is 17.4. The molecule has 2 aliphatic rings. The topological polar surface area (TPSA) is 24.8 Å². The second kappa shape index (κ2) is 7.46. The molecule has 0 N–H and O–H groups in total. The lowest BCUT2D eigenvalue weighted by Crippen LogP contribution is -2.48. The number of nitrogens with zero attached hydrogens (tertiary/aromatic N) is 2. The van der Waals surface area contributed by atoms with Crippen LogP contribution in [-0.2, 0) is 5.72 Å². The predicted molar refractivity (Wildman–Crippen MR) is 136 cm³/mol. The molecule has 0 saturated heterocycles. The Bertz CT molecular complexity index is 1380. The Labute approximate surface area is 204 Å². The number of halogens is 2. The van der Waals surface area contributed by atoms with Gasteiger partial charge in [0.05, 0.1) is 11.8 Å². The molecule has 0 fully saturated rings. The van der Waals surface area contributed by atoms with Gasteiger partial charge in [0, 0.05) is 33.4 Å². The minimum absolute atomic E-state index is 0.103. The number of hydrogen-bond acceptors (Lipinski definition) is 3. The fourth-order valence-electron chi connectivity index (χ4n) is 4.77. The minimum atomic E-state index is -0.704. The monoisotopic (exact) mass is 546 g/mol. The molecule has 2 heterocycles. The standard InChI is InChI=1S/C27H20Br2N2O/c1-27(20-8-10-21(28)11-9-20)31-25(23-15-22(29)12-13-26(23)32-27)16-24(30-31)19-7-6-17-4-2-3-5-18(17)14-19/h2-15,25H,16H2,1H3/t25-,27-/m0/s1. The molecule has 0 radical (unpaired) electrons. The summed E-state index contributed by atoms with van der Waals surface area (Å²) in [5.41, 5.74) is 3.77. The largest absolute Gasteiger partial charge is 0.462 e. The highest BCUT2D eigenvalue weighted by Crippen LogP contribution is 2.51. The highest BCUT2D eigenvalue weighted by Gasteiger charge is 2.48. The van der Waals surface area contributed by atoms with E-state index >= 15 is 0 Å². The zero-order valence-corrected chi connectivity index (χ0v) is 20.6. The van der Waals surface area contributed by atoms with Gasteiger partial charge in [-0.15, -0.1) is 0 Å². The maximum atomic E-state index is 6.65. The van der Waals surface area contributed by atoms with E-state index in [0.717, 1.165) is 43.5 Å². The number of hydrogen-bond donors (Lipinski definition) is 0. The summed E-state index contributed by atoms with van der Waals surface area (Å²) in [7, 11) is 0. The van der Waals surface area contributed by atoms with E-state index in [1.807, 2.05) is 6.07 Å². The van der Waals surface area contributed by atoms with Gasteiger partial charge in [-0.1, -0.05) is 80.4 Å². The molecule has 0 unspecified atom stereocenters.